The van der Waals surface area contributed by atoms with E-state index in [1.54, 1.807) is 64.1 Å². The SMILES string of the molecule is CC(=O)Nc1cccc2c(S(=O)(=O)Nc3cc(C)c(-c4ccc5c(c4)CCCO5)c(C(OC(C)(C)C)C(=O)O)c3C)cccc12. The number of carbonyl (C=O) groups excluding carboxylic acids is 1. The Bertz CT molecular complexity index is 1930. The van der Waals surface area contributed by atoms with Crippen LogP contribution >= 0.6 is 0 Å². The molecule has 10 heteroatoms. The first-order valence-corrected chi connectivity index (χ1v) is 16.3. The van der Waals surface area contributed by atoms with Crippen molar-refractivity contribution in [2.24, 2.45) is 0 Å². The van der Waals surface area contributed by atoms with Crippen LogP contribution in [0.25, 0.3) is 21.9 Å². The lowest BCUT2D eigenvalue weighted by Gasteiger charge is -2.30. The van der Waals surface area contributed by atoms with Gasteiger partial charge in [0, 0.05) is 28.9 Å². The van der Waals surface area contributed by atoms with E-state index in [2.05, 4.69) is 10.0 Å². The van der Waals surface area contributed by atoms with Gasteiger partial charge in [0.15, 0.2) is 6.10 Å². The van der Waals surface area contributed by atoms with Gasteiger partial charge in [-0.05, 0) is 106 Å². The molecule has 0 spiro atoms. The molecule has 0 saturated heterocycles. The molecule has 0 bridgehead atoms. The van der Waals surface area contributed by atoms with Gasteiger partial charge in [0.25, 0.3) is 10.0 Å². The Morgan fingerprint density at radius 3 is 2.38 bits per heavy atom. The number of fused-ring (bicyclic) bond motifs is 2. The first kappa shape index (κ1) is 32.0. The number of aryl methyl sites for hydroxylation is 2. The largest absolute Gasteiger partial charge is 0.493 e. The molecular weight excluding hydrogens is 592 g/mol. The fourth-order valence-corrected chi connectivity index (χ4v) is 7.21. The molecular formula is C35H38N2O7S. The predicted molar refractivity (Wildman–Crippen MR) is 175 cm³/mol. The van der Waals surface area contributed by atoms with Gasteiger partial charge in [-0.15, -0.1) is 0 Å². The number of carbonyl (C=O) groups is 2. The fraction of sp³-hybridized carbons (Fsp3) is 0.314. The van der Waals surface area contributed by atoms with E-state index < -0.39 is 27.7 Å². The van der Waals surface area contributed by atoms with Crippen molar-refractivity contribution in [3.8, 4) is 16.9 Å². The van der Waals surface area contributed by atoms with Gasteiger partial charge >= 0.3 is 5.97 Å². The molecule has 1 unspecified atom stereocenters. The van der Waals surface area contributed by atoms with Crippen molar-refractivity contribution < 1.29 is 32.6 Å². The third-order valence-corrected chi connectivity index (χ3v) is 9.14. The molecule has 5 rings (SSSR count). The molecule has 9 nitrogen and oxygen atoms in total. The van der Waals surface area contributed by atoms with Crippen molar-refractivity contribution >= 4 is 44.0 Å². The van der Waals surface area contributed by atoms with Gasteiger partial charge in [-0.1, -0.05) is 30.3 Å². The molecule has 3 N–H and O–H groups in total. The topological polar surface area (TPSA) is 131 Å². The molecule has 1 atom stereocenters. The number of ether oxygens (including phenoxy) is 2. The molecule has 4 aromatic rings. The zero-order valence-electron chi connectivity index (χ0n) is 26.3. The molecule has 1 heterocycles. The lowest BCUT2D eigenvalue weighted by Crippen LogP contribution is -2.28. The maximum absolute atomic E-state index is 14.0. The monoisotopic (exact) mass is 630 g/mol. The first-order valence-electron chi connectivity index (χ1n) is 14.8. The van der Waals surface area contributed by atoms with Crippen LogP contribution in [0.2, 0.25) is 0 Å². The van der Waals surface area contributed by atoms with E-state index in [1.165, 1.54) is 13.0 Å². The van der Waals surface area contributed by atoms with Gasteiger partial charge in [-0.2, -0.15) is 0 Å². The van der Waals surface area contributed by atoms with Crippen LogP contribution in [0.15, 0.2) is 65.6 Å². The molecule has 0 radical (unpaired) electrons. The van der Waals surface area contributed by atoms with Crippen molar-refractivity contribution in [3.05, 3.63) is 82.9 Å². The summed E-state index contributed by atoms with van der Waals surface area (Å²) in [6, 6.07) is 17.5. The molecule has 0 aromatic heterocycles. The van der Waals surface area contributed by atoms with Gasteiger partial charge in [-0.3, -0.25) is 9.52 Å². The average Bonchev–Trinajstić information content (AvgIpc) is 2.96. The molecule has 0 fully saturated rings. The molecule has 1 aliphatic rings. The third-order valence-electron chi connectivity index (χ3n) is 7.71. The van der Waals surface area contributed by atoms with E-state index in [0.717, 1.165) is 29.7 Å². The van der Waals surface area contributed by atoms with Crippen LogP contribution in [0.1, 0.15) is 62.5 Å². The maximum atomic E-state index is 14.0. The van der Waals surface area contributed by atoms with E-state index in [1.807, 2.05) is 25.1 Å². The Balaban J connectivity index is 1.68. The number of hydrogen-bond acceptors (Lipinski definition) is 6. The van der Waals surface area contributed by atoms with Crippen LogP contribution in [0, 0.1) is 13.8 Å². The number of benzene rings is 4. The maximum Gasteiger partial charge on any atom is 0.337 e. The van der Waals surface area contributed by atoms with Gasteiger partial charge in [0.05, 0.1) is 22.8 Å². The average molecular weight is 631 g/mol. The number of hydrogen-bond donors (Lipinski definition) is 3. The second-order valence-electron chi connectivity index (χ2n) is 12.3. The van der Waals surface area contributed by atoms with E-state index in [0.29, 0.717) is 45.3 Å². The quantitative estimate of drug-likeness (QED) is 0.188. The number of aliphatic carboxylic acids is 1. The summed E-state index contributed by atoms with van der Waals surface area (Å²) in [5, 5.41) is 14.2. The normalized spacial score (nSPS) is 13.9. The number of carboxylic acids is 1. The summed E-state index contributed by atoms with van der Waals surface area (Å²) in [5.74, 6) is -0.651. The van der Waals surface area contributed by atoms with E-state index in [9.17, 15) is 23.1 Å². The first-order chi connectivity index (χ1) is 21.2. The highest BCUT2D eigenvalue weighted by Gasteiger charge is 2.33. The highest BCUT2D eigenvalue weighted by molar-refractivity contribution is 7.93. The van der Waals surface area contributed by atoms with Crippen LogP contribution in [-0.4, -0.2) is 37.6 Å². The molecule has 0 aliphatic carbocycles. The van der Waals surface area contributed by atoms with Crippen LogP contribution in [0.3, 0.4) is 0 Å². The standard InChI is InChI=1S/C35H38N2O7S/c1-20-18-28(37-45(41,42)30-14-8-11-25-26(30)12-7-13-27(25)36-22(3)38)21(2)32(33(34(39)40)44-35(4,5)6)31(20)24-15-16-29-23(19-24)10-9-17-43-29/h7-8,11-16,18-19,33,37H,9-10,17H2,1-6H3,(H,36,38)(H,39,40). The minimum Gasteiger partial charge on any atom is -0.493 e. The summed E-state index contributed by atoms with van der Waals surface area (Å²) in [7, 11) is -4.18. The summed E-state index contributed by atoms with van der Waals surface area (Å²) in [5.41, 5.74) is 3.92. The number of rotatable bonds is 8. The molecule has 236 valence electrons. The molecule has 0 saturated carbocycles. The Labute approximate surface area is 263 Å². The molecule has 1 amide bonds. The Morgan fingerprint density at radius 2 is 1.69 bits per heavy atom. The number of nitrogens with one attached hydrogen (secondary N) is 2. The highest BCUT2D eigenvalue weighted by atomic mass is 32.2. The zero-order chi connectivity index (χ0) is 32.7. The molecule has 45 heavy (non-hydrogen) atoms. The highest BCUT2D eigenvalue weighted by Crippen LogP contribution is 2.43. The molecule has 1 aliphatic heterocycles. The van der Waals surface area contributed by atoms with Gasteiger partial charge in [-0.25, -0.2) is 13.2 Å². The van der Waals surface area contributed by atoms with Crippen molar-refractivity contribution in [1.29, 1.82) is 0 Å². The van der Waals surface area contributed by atoms with Gasteiger partial charge < -0.3 is 19.9 Å². The summed E-state index contributed by atoms with van der Waals surface area (Å²) in [6.07, 6.45) is 0.338. The van der Waals surface area contributed by atoms with Gasteiger partial charge in [0.1, 0.15) is 5.75 Å². The van der Waals surface area contributed by atoms with Crippen LogP contribution in [0.5, 0.6) is 5.75 Å². The summed E-state index contributed by atoms with van der Waals surface area (Å²) < 4.78 is 42.7. The second kappa shape index (κ2) is 12.2. The third kappa shape index (κ3) is 6.67. The Kier molecular flexibility index (Phi) is 8.66. The van der Waals surface area contributed by atoms with Crippen molar-refractivity contribution in [3.63, 3.8) is 0 Å². The number of carboxylic acid groups (broad SMARTS) is 1. The fourth-order valence-electron chi connectivity index (χ4n) is 5.87. The Hall–Kier alpha value is -4.41. The minimum absolute atomic E-state index is 0.0188. The van der Waals surface area contributed by atoms with E-state index >= 15 is 0 Å². The smallest absolute Gasteiger partial charge is 0.337 e. The zero-order valence-corrected chi connectivity index (χ0v) is 27.1. The van der Waals surface area contributed by atoms with Crippen molar-refractivity contribution in [2.45, 2.75) is 71.0 Å². The number of sulfonamides is 1. The van der Waals surface area contributed by atoms with Crippen LogP contribution in [-0.2, 0) is 30.8 Å². The van der Waals surface area contributed by atoms with E-state index in [-0.39, 0.29) is 16.5 Å². The lowest BCUT2D eigenvalue weighted by molar-refractivity contribution is -0.160. The summed E-state index contributed by atoms with van der Waals surface area (Å²) in [6.45, 7) is 10.9. The van der Waals surface area contributed by atoms with Crippen LogP contribution < -0.4 is 14.8 Å². The van der Waals surface area contributed by atoms with Crippen molar-refractivity contribution in [2.75, 3.05) is 16.6 Å². The van der Waals surface area contributed by atoms with Gasteiger partial charge in [0.2, 0.25) is 5.91 Å². The summed E-state index contributed by atoms with van der Waals surface area (Å²) in [4.78, 5) is 24.6. The minimum atomic E-state index is -4.18. The lowest BCUT2D eigenvalue weighted by atomic mass is 9.86. The second-order valence-corrected chi connectivity index (χ2v) is 14.0. The number of anilines is 2. The Morgan fingerprint density at radius 1 is 0.978 bits per heavy atom. The summed E-state index contributed by atoms with van der Waals surface area (Å²) >= 11 is 0. The number of amides is 1. The van der Waals surface area contributed by atoms with Crippen LogP contribution in [0.4, 0.5) is 11.4 Å². The molecule has 4 aromatic carbocycles. The predicted octanol–water partition coefficient (Wildman–Crippen LogP) is 7.15. The van der Waals surface area contributed by atoms with E-state index in [4.69, 9.17) is 9.47 Å². The van der Waals surface area contributed by atoms with Crippen molar-refractivity contribution in [1.82, 2.24) is 0 Å².